The van der Waals surface area contributed by atoms with Gasteiger partial charge in [-0.1, -0.05) is 56.1 Å². The van der Waals surface area contributed by atoms with Gasteiger partial charge in [0.15, 0.2) is 6.10 Å². The zero-order valence-electron chi connectivity index (χ0n) is 19.2. The summed E-state index contributed by atoms with van der Waals surface area (Å²) in [5, 5.41) is 22.3. The second-order valence-corrected chi connectivity index (χ2v) is 10.4. The van der Waals surface area contributed by atoms with Gasteiger partial charge in [-0.05, 0) is 77.3 Å². The third-order valence-electron chi connectivity index (χ3n) is 5.05. The first-order valence-corrected chi connectivity index (χ1v) is 13.4. The number of nitrogens with one attached hydrogen (secondary N) is 2. The molecule has 0 aliphatic carbocycles. The molecule has 0 saturated heterocycles. The highest BCUT2D eigenvalue weighted by Crippen LogP contribution is 2.40. The Morgan fingerprint density at radius 1 is 0.973 bits per heavy atom. The molecule has 8 nitrogen and oxygen atoms in total. The number of benzene rings is 3. The average molecular weight is 699 g/mol. The molecule has 37 heavy (non-hydrogen) atoms. The van der Waals surface area contributed by atoms with Crippen LogP contribution in [0.5, 0.6) is 11.5 Å². The van der Waals surface area contributed by atoms with E-state index in [2.05, 4.69) is 53.1 Å². The summed E-state index contributed by atoms with van der Waals surface area (Å²) in [7, 11) is 0. The van der Waals surface area contributed by atoms with Gasteiger partial charge in [0.05, 0.1) is 4.47 Å². The van der Waals surface area contributed by atoms with Crippen LogP contribution in [0.15, 0.2) is 92.3 Å². The Labute approximate surface area is 239 Å². The predicted molar refractivity (Wildman–Crippen MR) is 150 cm³/mol. The van der Waals surface area contributed by atoms with Crippen molar-refractivity contribution in [3.8, 4) is 11.5 Å². The van der Waals surface area contributed by atoms with Gasteiger partial charge in [0, 0.05) is 26.3 Å². The Morgan fingerprint density at radius 3 is 2.35 bits per heavy atom. The zero-order valence-corrected chi connectivity index (χ0v) is 24.0. The number of carbonyl (C=O) groups excluding carboxylic acids is 2. The third-order valence-corrected chi connectivity index (χ3v) is 6.65. The lowest BCUT2D eigenvalue weighted by Gasteiger charge is -2.29. The number of halogens is 3. The first-order valence-electron chi connectivity index (χ1n) is 11.0. The number of para-hydroxylation sites is 1. The van der Waals surface area contributed by atoms with Crippen LogP contribution in [0.1, 0.15) is 24.5 Å². The van der Waals surface area contributed by atoms with Crippen molar-refractivity contribution in [2.75, 3.05) is 5.32 Å². The van der Waals surface area contributed by atoms with Crippen LogP contribution in [0.3, 0.4) is 0 Å². The Morgan fingerprint density at radius 2 is 1.68 bits per heavy atom. The van der Waals surface area contributed by atoms with E-state index in [1.807, 2.05) is 6.07 Å². The number of hydrogen-bond acceptors (Lipinski definition) is 6. The lowest BCUT2D eigenvalue weighted by molar-refractivity contribution is -0.124. The van der Waals surface area contributed by atoms with Crippen molar-refractivity contribution in [2.45, 2.75) is 25.0 Å². The summed E-state index contributed by atoms with van der Waals surface area (Å²) in [5.41, 5.74) is 2.36. The maximum Gasteiger partial charge on any atom is 0.412 e. The van der Waals surface area contributed by atoms with E-state index in [1.165, 1.54) is 11.6 Å². The third kappa shape index (κ3) is 8.89. The molecular formula is C26H23Br3N2O6. The van der Waals surface area contributed by atoms with Crippen LogP contribution in [0.2, 0.25) is 0 Å². The number of amides is 2. The maximum atomic E-state index is 13.0. The van der Waals surface area contributed by atoms with Crippen molar-refractivity contribution in [1.82, 2.24) is 5.48 Å². The summed E-state index contributed by atoms with van der Waals surface area (Å²) < 4.78 is 14.0. The van der Waals surface area contributed by atoms with Crippen LogP contribution in [-0.4, -0.2) is 28.4 Å². The molecule has 3 aromatic rings. The largest absolute Gasteiger partial charge is 0.506 e. The van der Waals surface area contributed by atoms with Crippen molar-refractivity contribution >= 4 is 65.5 Å². The number of phenolic OH excluding ortho intramolecular Hbond substituents is 1. The van der Waals surface area contributed by atoms with Gasteiger partial charge in [0.25, 0.3) is 5.91 Å². The Kier molecular flexibility index (Phi) is 11.0. The minimum absolute atomic E-state index is 0.110. The van der Waals surface area contributed by atoms with Crippen LogP contribution in [-0.2, 0) is 9.53 Å². The molecule has 0 bridgehead atoms. The van der Waals surface area contributed by atoms with Crippen molar-refractivity contribution in [3.63, 3.8) is 0 Å². The summed E-state index contributed by atoms with van der Waals surface area (Å²) in [6, 6.07) is 19.3. The Balaban J connectivity index is 1.95. The monoisotopic (exact) mass is 696 g/mol. The number of aromatic hydroxyl groups is 1. The molecule has 0 aliphatic heterocycles. The lowest BCUT2D eigenvalue weighted by atomic mass is 9.99. The minimum atomic E-state index is -1.05. The van der Waals surface area contributed by atoms with Crippen molar-refractivity contribution in [1.29, 1.82) is 0 Å². The van der Waals surface area contributed by atoms with E-state index in [4.69, 9.17) is 14.7 Å². The molecule has 0 fully saturated rings. The molecule has 4 N–H and O–H groups in total. The van der Waals surface area contributed by atoms with Gasteiger partial charge in [-0.15, -0.1) is 0 Å². The van der Waals surface area contributed by atoms with Gasteiger partial charge in [0.2, 0.25) is 0 Å². The maximum absolute atomic E-state index is 13.0. The number of ether oxygens (including phenoxy) is 2. The fraction of sp³-hybridized carbons (Fsp3) is 0.154. The van der Waals surface area contributed by atoms with E-state index >= 15 is 0 Å². The molecule has 2 amide bonds. The second kappa shape index (κ2) is 14.2. The highest BCUT2D eigenvalue weighted by Gasteiger charge is 2.32. The lowest BCUT2D eigenvalue weighted by Crippen LogP contribution is -2.31. The number of carbonyl (C=O) groups is 2. The molecule has 0 saturated carbocycles. The standard InChI is InChI=1S/C26H23Br3N2O6/c27-16-10-12-18(13-11-16)30-26(34)37-25(20-14-17(28)15-21(29)24(20)33)22(8-4-5-9-23(32)31-35)36-19-6-2-1-3-7-19/h1-3,5-7,9-15,22,25,33,35H,4,8H2,(H,30,34)(H,31,32)/b9-5+/t22-,25-/m1/s1. The van der Waals surface area contributed by atoms with Gasteiger partial charge in [0.1, 0.15) is 17.6 Å². The van der Waals surface area contributed by atoms with Crippen LogP contribution < -0.4 is 15.5 Å². The highest BCUT2D eigenvalue weighted by molar-refractivity contribution is 9.11. The number of hydroxylamine groups is 1. The van der Waals surface area contributed by atoms with E-state index in [0.717, 1.165) is 4.47 Å². The zero-order chi connectivity index (χ0) is 26.8. The molecule has 194 valence electrons. The normalized spacial score (nSPS) is 12.5. The molecule has 0 radical (unpaired) electrons. The summed E-state index contributed by atoms with van der Waals surface area (Å²) in [6.45, 7) is 0. The van der Waals surface area contributed by atoms with Crippen LogP contribution in [0.25, 0.3) is 0 Å². The van der Waals surface area contributed by atoms with Crippen LogP contribution in [0, 0.1) is 0 Å². The summed E-state index contributed by atoms with van der Waals surface area (Å²) in [4.78, 5) is 24.3. The van der Waals surface area contributed by atoms with Crippen molar-refractivity contribution < 1.29 is 29.4 Å². The van der Waals surface area contributed by atoms with E-state index in [0.29, 0.717) is 38.8 Å². The summed E-state index contributed by atoms with van der Waals surface area (Å²) in [6.07, 6.45) is 0.806. The summed E-state index contributed by atoms with van der Waals surface area (Å²) >= 11 is 10.1. The van der Waals surface area contributed by atoms with E-state index in [1.54, 1.807) is 66.7 Å². The van der Waals surface area contributed by atoms with E-state index < -0.39 is 24.2 Å². The minimum Gasteiger partial charge on any atom is -0.506 e. The molecular weight excluding hydrogens is 676 g/mol. The number of phenols is 1. The molecule has 3 aromatic carbocycles. The molecule has 0 aliphatic rings. The Hall–Kier alpha value is -2.86. The van der Waals surface area contributed by atoms with E-state index in [-0.39, 0.29) is 5.75 Å². The fourth-order valence-electron chi connectivity index (χ4n) is 3.37. The van der Waals surface area contributed by atoms with Gasteiger partial charge < -0.3 is 14.6 Å². The number of hydrogen-bond donors (Lipinski definition) is 4. The molecule has 11 heteroatoms. The molecule has 0 heterocycles. The van der Waals surface area contributed by atoms with Crippen molar-refractivity contribution in [2.24, 2.45) is 0 Å². The number of allylic oxidation sites excluding steroid dienone is 1. The van der Waals surface area contributed by atoms with Gasteiger partial charge >= 0.3 is 6.09 Å². The van der Waals surface area contributed by atoms with Gasteiger partial charge in [-0.3, -0.25) is 15.3 Å². The molecule has 0 unspecified atom stereocenters. The smallest absolute Gasteiger partial charge is 0.412 e. The van der Waals surface area contributed by atoms with Gasteiger partial charge in [-0.25, -0.2) is 10.3 Å². The number of rotatable bonds is 10. The molecule has 3 rings (SSSR count). The fourth-order valence-corrected chi connectivity index (χ4v) is 4.89. The summed E-state index contributed by atoms with van der Waals surface area (Å²) in [5.74, 6) is -0.252. The first kappa shape index (κ1) is 28.7. The molecule has 2 atom stereocenters. The Bertz CT molecular complexity index is 1240. The average Bonchev–Trinajstić information content (AvgIpc) is 2.88. The predicted octanol–water partition coefficient (Wildman–Crippen LogP) is 7.26. The topological polar surface area (TPSA) is 117 Å². The van der Waals surface area contributed by atoms with Crippen LogP contribution in [0.4, 0.5) is 10.5 Å². The number of anilines is 1. The quantitative estimate of drug-likeness (QED) is 0.101. The van der Waals surface area contributed by atoms with Gasteiger partial charge in [-0.2, -0.15) is 0 Å². The first-order chi connectivity index (χ1) is 17.8. The van der Waals surface area contributed by atoms with Crippen LogP contribution >= 0.6 is 47.8 Å². The highest BCUT2D eigenvalue weighted by atomic mass is 79.9. The molecule has 0 spiro atoms. The second-order valence-electron chi connectivity index (χ2n) is 7.71. The SMILES string of the molecule is O=C(/C=C/CC[C@@H](Oc1ccccc1)[C@H](OC(=O)Nc1ccc(Br)cc1)c1cc(Br)cc(Br)c1O)NO. The van der Waals surface area contributed by atoms with E-state index in [9.17, 15) is 14.7 Å². The molecule has 0 aromatic heterocycles. The van der Waals surface area contributed by atoms with Crippen molar-refractivity contribution in [3.05, 3.63) is 97.9 Å².